The third kappa shape index (κ3) is 3.03. The van der Waals surface area contributed by atoms with Crippen LogP contribution in [-0.2, 0) is 6.42 Å². The molecule has 1 unspecified atom stereocenters. The zero-order valence-electron chi connectivity index (χ0n) is 12.4. The molecule has 3 nitrogen and oxygen atoms in total. The van der Waals surface area contributed by atoms with Crippen molar-refractivity contribution >= 4 is 0 Å². The summed E-state index contributed by atoms with van der Waals surface area (Å²) in [5.41, 5.74) is 3.16. The molecule has 0 fully saturated rings. The molecular weight excluding hydrogens is 264 g/mol. The maximum absolute atomic E-state index is 9.82. The standard InChI is InChI=1S/C18H20O3/c1-12-7-8-16(13(2)19)18(9-12)20-11-15-10-14-5-3-4-6-17(14)21-15/h3-9,13,15,19H,10-11H2,1-2H3/t13-,15?/m0/s1. The summed E-state index contributed by atoms with van der Waals surface area (Å²) >= 11 is 0. The molecule has 2 atom stereocenters. The van der Waals surface area contributed by atoms with E-state index >= 15 is 0 Å². The molecule has 1 aliphatic rings. The SMILES string of the molecule is Cc1ccc([C@H](C)O)c(OCC2Cc3ccccc3O2)c1. The van der Waals surface area contributed by atoms with E-state index in [1.54, 1.807) is 6.92 Å². The normalized spacial score (nSPS) is 18.0. The Labute approximate surface area is 125 Å². The third-order valence-electron chi connectivity index (χ3n) is 3.76. The molecule has 0 saturated carbocycles. The van der Waals surface area contributed by atoms with Gasteiger partial charge in [0.15, 0.2) is 0 Å². The Bertz CT molecular complexity index is 609. The Kier molecular flexibility index (Phi) is 3.84. The quantitative estimate of drug-likeness (QED) is 0.935. The van der Waals surface area contributed by atoms with Crippen LogP contribution in [0.3, 0.4) is 0 Å². The van der Waals surface area contributed by atoms with Gasteiger partial charge in [-0.15, -0.1) is 0 Å². The molecular formula is C18H20O3. The summed E-state index contributed by atoms with van der Waals surface area (Å²) in [6.07, 6.45) is 0.360. The smallest absolute Gasteiger partial charge is 0.137 e. The first-order chi connectivity index (χ1) is 10.1. The van der Waals surface area contributed by atoms with Crippen LogP contribution in [0.4, 0.5) is 0 Å². The first kappa shape index (κ1) is 14.0. The van der Waals surface area contributed by atoms with Crippen LogP contribution in [0.2, 0.25) is 0 Å². The molecule has 0 radical (unpaired) electrons. The van der Waals surface area contributed by atoms with Crippen LogP contribution in [0.15, 0.2) is 42.5 Å². The van der Waals surface area contributed by atoms with Gasteiger partial charge in [-0.05, 0) is 37.1 Å². The van der Waals surface area contributed by atoms with Crippen molar-refractivity contribution in [2.24, 2.45) is 0 Å². The predicted octanol–water partition coefficient (Wildman–Crippen LogP) is 3.43. The molecule has 3 heteroatoms. The van der Waals surface area contributed by atoms with Crippen LogP contribution >= 0.6 is 0 Å². The van der Waals surface area contributed by atoms with Crippen molar-refractivity contribution in [3.8, 4) is 11.5 Å². The van der Waals surface area contributed by atoms with Crippen molar-refractivity contribution in [2.75, 3.05) is 6.61 Å². The zero-order chi connectivity index (χ0) is 14.8. The van der Waals surface area contributed by atoms with Crippen LogP contribution in [0.1, 0.15) is 29.7 Å². The highest BCUT2D eigenvalue weighted by molar-refractivity contribution is 5.39. The molecule has 110 valence electrons. The third-order valence-corrected chi connectivity index (χ3v) is 3.76. The van der Waals surface area contributed by atoms with Crippen LogP contribution in [0.25, 0.3) is 0 Å². The molecule has 0 amide bonds. The number of rotatable bonds is 4. The van der Waals surface area contributed by atoms with Crippen molar-refractivity contribution in [3.05, 3.63) is 59.2 Å². The first-order valence-corrected chi connectivity index (χ1v) is 7.29. The number of aliphatic hydroxyl groups excluding tert-OH is 1. The summed E-state index contributed by atoms with van der Waals surface area (Å²) in [7, 11) is 0. The minimum atomic E-state index is -0.540. The molecule has 21 heavy (non-hydrogen) atoms. The lowest BCUT2D eigenvalue weighted by Crippen LogP contribution is -2.22. The summed E-state index contributed by atoms with van der Waals surface area (Å²) in [6, 6.07) is 13.9. The van der Waals surface area contributed by atoms with Crippen molar-refractivity contribution in [2.45, 2.75) is 32.5 Å². The van der Waals surface area contributed by atoms with Crippen LogP contribution in [-0.4, -0.2) is 17.8 Å². The van der Waals surface area contributed by atoms with E-state index in [9.17, 15) is 5.11 Å². The first-order valence-electron chi connectivity index (χ1n) is 7.29. The van der Waals surface area contributed by atoms with E-state index < -0.39 is 6.10 Å². The largest absolute Gasteiger partial charge is 0.489 e. The lowest BCUT2D eigenvalue weighted by Gasteiger charge is -2.17. The van der Waals surface area contributed by atoms with Gasteiger partial charge in [-0.2, -0.15) is 0 Å². The maximum atomic E-state index is 9.82. The fraction of sp³-hybridized carbons (Fsp3) is 0.333. The van der Waals surface area contributed by atoms with Gasteiger partial charge in [-0.25, -0.2) is 0 Å². The Morgan fingerprint density at radius 3 is 2.86 bits per heavy atom. The van der Waals surface area contributed by atoms with E-state index in [0.717, 1.165) is 29.0 Å². The Morgan fingerprint density at radius 1 is 1.29 bits per heavy atom. The van der Waals surface area contributed by atoms with Crippen molar-refractivity contribution in [1.29, 1.82) is 0 Å². The van der Waals surface area contributed by atoms with Crippen molar-refractivity contribution < 1.29 is 14.6 Å². The van der Waals surface area contributed by atoms with Gasteiger partial charge in [0.2, 0.25) is 0 Å². The van der Waals surface area contributed by atoms with Gasteiger partial charge in [0.05, 0.1) is 6.10 Å². The fourth-order valence-corrected chi connectivity index (χ4v) is 2.64. The predicted molar refractivity (Wildman–Crippen MR) is 81.9 cm³/mol. The Hall–Kier alpha value is -2.00. The second-order valence-electron chi connectivity index (χ2n) is 5.58. The van der Waals surface area contributed by atoms with E-state index in [0.29, 0.717) is 6.61 Å². The molecule has 1 heterocycles. The summed E-state index contributed by atoms with van der Waals surface area (Å²) in [5, 5.41) is 9.82. The monoisotopic (exact) mass is 284 g/mol. The van der Waals surface area contributed by atoms with Gasteiger partial charge in [0, 0.05) is 12.0 Å². The van der Waals surface area contributed by atoms with Gasteiger partial charge in [-0.3, -0.25) is 0 Å². The maximum Gasteiger partial charge on any atom is 0.137 e. The van der Waals surface area contributed by atoms with Crippen molar-refractivity contribution in [3.63, 3.8) is 0 Å². The summed E-state index contributed by atoms with van der Waals surface area (Å²) in [4.78, 5) is 0. The molecule has 0 spiro atoms. The molecule has 1 N–H and O–H groups in total. The number of para-hydroxylation sites is 1. The number of hydrogen-bond acceptors (Lipinski definition) is 3. The molecule has 2 aromatic rings. The van der Waals surface area contributed by atoms with E-state index in [1.165, 1.54) is 5.56 Å². The summed E-state index contributed by atoms with van der Waals surface area (Å²) < 4.78 is 11.8. The lowest BCUT2D eigenvalue weighted by atomic mass is 10.1. The minimum Gasteiger partial charge on any atom is -0.489 e. The van der Waals surface area contributed by atoms with E-state index in [4.69, 9.17) is 9.47 Å². The van der Waals surface area contributed by atoms with Gasteiger partial charge >= 0.3 is 0 Å². The van der Waals surface area contributed by atoms with Gasteiger partial charge < -0.3 is 14.6 Å². The molecule has 0 aliphatic carbocycles. The van der Waals surface area contributed by atoms with E-state index in [2.05, 4.69) is 6.07 Å². The van der Waals surface area contributed by atoms with Crippen LogP contribution in [0, 0.1) is 6.92 Å². The van der Waals surface area contributed by atoms with Gasteiger partial charge in [0.25, 0.3) is 0 Å². The molecule has 2 aromatic carbocycles. The molecule has 3 rings (SSSR count). The number of hydrogen-bond donors (Lipinski definition) is 1. The zero-order valence-corrected chi connectivity index (χ0v) is 12.4. The average molecular weight is 284 g/mol. The molecule has 0 bridgehead atoms. The van der Waals surface area contributed by atoms with E-state index in [1.807, 2.05) is 43.3 Å². The highest BCUT2D eigenvalue weighted by Gasteiger charge is 2.23. The second-order valence-corrected chi connectivity index (χ2v) is 5.58. The van der Waals surface area contributed by atoms with Gasteiger partial charge in [-0.1, -0.05) is 30.3 Å². The Balaban J connectivity index is 1.68. The summed E-state index contributed by atoms with van der Waals surface area (Å²) in [5.74, 6) is 1.69. The van der Waals surface area contributed by atoms with E-state index in [-0.39, 0.29) is 6.10 Å². The fourth-order valence-electron chi connectivity index (χ4n) is 2.64. The number of aryl methyl sites for hydroxylation is 1. The topological polar surface area (TPSA) is 38.7 Å². The second kappa shape index (κ2) is 5.78. The van der Waals surface area contributed by atoms with Crippen LogP contribution < -0.4 is 9.47 Å². The molecule has 1 aliphatic heterocycles. The van der Waals surface area contributed by atoms with Crippen LogP contribution in [0.5, 0.6) is 11.5 Å². The summed E-state index contributed by atoms with van der Waals surface area (Å²) in [6.45, 7) is 4.25. The highest BCUT2D eigenvalue weighted by atomic mass is 16.5. The molecule has 0 aromatic heterocycles. The minimum absolute atomic E-state index is 0.0322. The lowest BCUT2D eigenvalue weighted by molar-refractivity contribution is 0.141. The number of benzene rings is 2. The highest BCUT2D eigenvalue weighted by Crippen LogP contribution is 2.30. The average Bonchev–Trinajstić information content (AvgIpc) is 2.87. The molecule has 0 saturated heterocycles. The Morgan fingerprint density at radius 2 is 2.10 bits per heavy atom. The number of fused-ring (bicyclic) bond motifs is 1. The van der Waals surface area contributed by atoms with Crippen molar-refractivity contribution in [1.82, 2.24) is 0 Å². The number of aliphatic hydroxyl groups is 1. The van der Waals surface area contributed by atoms with Gasteiger partial charge in [0.1, 0.15) is 24.2 Å². The number of ether oxygens (including phenoxy) is 2.